The SMILES string of the molecule is CC#Cc1cc(C#CC)cc(C#Cc2ccccc2)c1. The molecule has 20 heavy (non-hydrogen) atoms. The van der Waals surface area contributed by atoms with Crippen molar-refractivity contribution in [1.82, 2.24) is 0 Å². The Hall–Kier alpha value is -2.88. The average molecular weight is 254 g/mol. The summed E-state index contributed by atoms with van der Waals surface area (Å²) in [4.78, 5) is 0. The lowest BCUT2D eigenvalue weighted by Crippen LogP contribution is -1.84. The Morgan fingerprint density at radius 1 is 0.550 bits per heavy atom. The van der Waals surface area contributed by atoms with Crippen molar-refractivity contribution in [1.29, 1.82) is 0 Å². The molecule has 0 aliphatic heterocycles. The quantitative estimate of drug-likeness (QED) is 0.627. The van der Waals surface area contributed by atoms with Gasteiger partial charge < -0.3 is 0 Å². The molecule has 0 bridgehead atoms. The predicted octanol–water partition coefficient (Wildman–Crippen LogP) is 3.83. The van der Waals surface area contributed by atoms with Crippen molar-refractivity contribution in [2.24, 2.45) is 0 Å². The lowest BCUT2D eigenvalue weighted by molar-refractivity contribution is 1.55. The van der Waals surface area contributed by atoms with E-state index in [2.05, 4.69) is 35.5 Å². The van der Waals surface area contributed by atoms with Crippen LogP contribution in [0, 0.1) is 35.5 Å². The van der Waals surface area contributed by atoms with Crippen LogP contribution < -0.4 is 0 Å². The van der Waals surface area contributed by atoms with E-state index in [0.29, 0.717) is 0 Å². The summed E-state index contributed by atoms with van der Waals surface area (Å²) in [6.07, 6.45) is 0. The molecule has 2 rings (SSSR count). The second-order valence-electron chi connectivity index (χ2n) is 4.17. The fourth-order valence-corrected chi connectivity index (χ4v) is 1.80. The van der Waals surface area contributed by atoms with Gasteiger partial charge >= 0.3 is 0 Å². The molecule has 0 saturated carbocycles. The Balaban J connectivity index is 2.42. The van der Waals surface area contributed by atoms with Crippen molar-refractivity contribution in [3.63, 3.8) is 0 Å². The lowest BCUT2D eigenvalue weighted by atomic mass is 10.1. The molecule has 0 saturated heterocycles. The molecular formula is C20H14. The standard InChI is InChI=1S/C20H14/c1-3-8-18-14-19(9-4-2)16-20(15-18)13-12-17-10-6-5-7-11-17/h5-7,10-11,14-16H,1-2H3. The van der Waals surface area contributed by atoms with Crippen LogP contribution in [0.25, 0.3) is 0 Å². The van der Waals surface area contributed by atoms with Crippen molar-refractivity contribution in [2.45, 2.75) is 13.8 Å². The molecule has 0 spiro atoms. The summed E-state index contributed by atoms with van der Waals surface area (Å²) in [5.74, 6) is 18.3. The third kappa shape index (κ3) is 3.81. The van der Waals surface area contributed by atoms with E-state index in [-0.39, 0.29) is 0 Å². The molecule has 0 heteroatoms. The molecule has 0 atom stereocenters. The maximum Gasteiger partial charge on any atom is 0.0273 e. The largest absolute Gasteiger partial charge is 0.101 e. The summed E-state index contributed by atoms with van der Waals surface area (Å²) in [5.41, 5.74) is 3.84. The van der Waals surface area contributed by atoms with E-state index in [4.69, 9.17) is 0 Å². The molecule has 0 aliphatic rings. The highest BCUT2D eigenvalue weighted by molar-refractivity contribution is 5.52. The van der Waals surface area contributed by atoms with Gasteiger partial charge in [-0.2, -0.15) is 0 Å². The Bertz CT molecular complexity index is 738. The van der Waals surface area contributed by atoms with Gasteiger partial charge in [0.1, 0.15) is 0 Å². The topological polar surface area (TPSA) is 0 Å². The average Bonchev–Trinajstić information content (AvgIpc) is 2.47. The Kier molecular flexibility index (Phi) is 4.67. The monoisotopic (exact) mass is 254 g/mol. The van der Waals surface area contributed by atoms with Gasteiger partial charge in [0, 0.05) is 22.3 Å². The minimum atomic E-state index is 0.937. The fourth-order valence-electron chi connectivity index (χ4n) is 1.80. The van der Waals surface area contributed by atoms with Gasteiger partial charge in [-0.3, -0.25) is 0 Å². The van der Waals surface area contributed by atoms with Crippen LogP contribution in [-0.2, 0) is 0 Å². The van der Waals surface area contributed by atoms with Crippen molar-refractivity contribution >= 4 is 0 Å². The Morgan fingerprint density at radius 3 is 1.50 bits per heavy atom. The normalized spacial score (nSPS) is 8.30. The molecular weight excluding hydrogens is 240 g/mol. The van der Waals surface area contributed by atoms with Gasteiger partial charge in [-0.15, -0.1) is 11.8 Å². The number of hydrogen-bond acceptors (Lipinski definition) is 0. The molecule has 0 N–H and O–H groups in total. The van der Waals surface area contributed by atoms with Crippen LogP contribution in [0.3, 0.4) is 0 Å². The second-order valence-corrected chi connectivity index (χ2v) is 4.17. The van der Waals surface area contributed by atoms with Gasteiger partial charge in [0.2, 0.25) is 0 Å². The highest BCUT2D eigenvalue weighted by atomic mass is 14.0. The molecule has 0 unspecified atom stereocenters. The summed E-state index contributed by atoms with van der Waals surface area (Å²) in [7, 11) is 0. The van der Waals surface area contributed by atoms with E-state index < -0.39 is 0 Å². The van der Waals surface area contributed by atoms with Crippen molar-refractivity contribution < 1.29 is 0 Å². The third-order valence-electron chi connectivity index (χ3n) is 2.60. The van der Waals surface area contributed by atoms with E-state index in [1.165, 1.54) is 0 Å². The third-order valence-corrected chi connectivity index (χ3v) is 2.60. The van der Waals surface area contributed by atoms with Crippen LogP contribution in [0.1, 0.15) is 36.1 Å². The van der Waals surface area contributed by atoms with Crippen LogP contribution in [0.5, 0.6) is 0 Å². The molecule has 94 valence electrons. The maximum atomic E-state index is 3.17. The van der Waals surface area contributed by atoms with Gasteiger partial charge in [0.25, 0.3) is 0 Å². The summed E-state index contributed by atoms with van der Waals surface area (Å²) in [5, 5.41) is 0. The van der Waals surface area contributed by atoms with Gasteiger partial charge in [0.15, 0.2) is 0 Å². The predicted molar refractivity (Wildman–Crippen MR) is 84.0 cm³/mol. The zero-order chi connectivity index (χ0) is 14.2. The van der Waals surface area contributed by atoms with Gasteiger partial charge in [-0.1, -0.05) is 41.9 Å². The molecule has 0 aliphatic carbocycles. The fraction of sp³-hybridized carbons (Fsp3) is 0.100. The first-order chi connectivity index (χ1) is 9.81. The molecule has 0 radical (unpaired) electrons. The minimum Gasteiger partial charge on any atom is -0.101 e. The van der Waals surface area contributed by atoms with E-state index in [1.54, 1.807) is 0 Å². The molecule has 2 aromatic rings. The van der Waals surface area contributed by atoms with Crippen LogP contribution in [0.15, 0.2) is 48.5 Å². The van der Waals surface area contributed by atoms with Gasteiger partial charge in [-0.05, 0) is 44.2 Å². The van der Waals surface area contributed by atoms with Crippen LogP contribution in [0.4, 0.5) is 0 Å². The first-order valence-electron chi connectivity index (χ1n) is 6.39. The second kappa shape index (κ2) is 6.89. The molecule has 0 amide bonds. The minimum absolute atomic E-state index is 0.937. The smallest absolute Gasteiger partial charge is 0.0273 e. The maximum absolute atomic E-state index is 3.17. The molecule has 0 aromatic heterocycles. The highest BCUT2D eigenvalue weighted by Crippen LogP contribution is 2.09. The molecule has 2 aromatic carbocycles. The molecule has 0 nitrogen and oxygen atoms in total. The first-order valence-corrected chi connectivity index (χ1v) is 6.39. The van der Waals surface area contributed by atoms with Crippen LogP contribution in [-0.4, -0.2) is 0 Å². The van der Waals surface area contributed by atoms with Crippen LogP contribution in [0.2, 0.25) is 0 Å². The van der Waals surface area contributed by atoms with Crippen molar-refractivity contribution in [3.05, 3.63) is 70.8 Å². The van der Waals surface area contributed by atoms with Gasteiger partial charge in [0.05, 0.1) is 0 Å². The number of hydrogen-bond donors (Lipinski definition) is 0. The van der Waals surface area contributed by atoms with E-state index in [0.717, 1.165) is 22.3 Å². The van der Waals surface area contributed by atoms with E-state index in [9.17, 15) is 0 Å². The van der Waals surface area contributed by atoms with E-state index >= 15 is 0 Å². The summed E-state index contributed by atoms with van der Waals surface area (Å²) >= 11 is 0. The van der Waals surface area contributed by atoms with Crippen molar-refractivity contribution in [3.8, 4) is 35.5 Å². The van der Waals surface area contributed by atoms with Gasteiger partial charge in [-0.25, -0.2) is 0 Å². The molecule has 0 fully saturated rings. The lowest BCUT2D eigenvalue weighted by Gasteiger charge is -1.97. The number of rotatable bonds is 0. The summed E-state index contributed by atoms with van der Waals surface area (Å²) < 4.78 is 0. The first kappa shape index (κ1) is 13.5. The number of benzene rings is 2. The van der Waals surface area contributed by atoms with Crippen molar-refractivity contribution in [2.75, 3.05) is 0 Å². The summed E-state index contributed by atoms with van der Waals surface area (Å²) in [6.45, 7) is 3.65. The van der Waals surface area contributed by atoms with E-state index in [1.807, 2.05) is 62.4 Å². The Morgan fingerprint density at radius 2 is 1.00 bits per heavy atom. The molecule has 0 heterocycles. The zero-order valence-corrected chi connectivity index (χ0v) is 11.6. The zero-order valence-electron chi connectivity index (χ0n) is 11.6. The Labute approximate surface area is 120 Å². The summed E-state index contributed by atoms with van der Waals surface area (Å²) in [6, 6.07) is 15.9. The van der Waals surface area contributed by atoms with Crippen LogP contribution >= 0.6 is 0 Å². The highest BCUT2D eigenvalue weighted by Gasteiger charge is 1.96.